The highest BCUT2D eigenvalue weighted by Crippen LogP contribution is 2.32. The second kappa shape index (κ2) is 6.34. The molecule has 2 saturated heterocycles. The van der Waals surface area contributed by atoms with E-state index in [0.29, 0.717) is 5.69 Å². The van der Waals surface area contributed by atoms with E-state index in [1.54, 1.807) is 0 Å². The number of hydrogen-bond donors (Lipinski definition) is 0. The van der Waals surface area contributed by atoms with Crippen molar-refractivity contribution in [3.8, 4) is 11.4 Å². The first-order valence-corrected chi connectivity index (χ1v) is 8.31. The third-order valence-electron chi connectivity index (χ3n) is 4.04. The van der Waals surface area contributed by atoms with Gasteiger partial charge in [-0.1, -0.05) is 0 Å². The molecule has 0 N–H and O–H groups in total. The van der Waals surface area contributed by atoms with Crippen molar-refractivity contribution in [2.45, 2.75) is 30.4 Å². The Labute approximate surface area is 155 Å². The van der Waals surface area contributed by atoms with Gasteiger partial charge in [0.1, 0.15) is 11.9 Å². The van der Waals surface area contributed by atoms with E-state index < -0.39 is 17.9 Å². The number of benzene rings is 1. The lowest BCUT2D eigenvalue weighted by Gasteiger charge is -2.25. The molecule has 2 aromatic rings. The molecular weight excluding hydrogens is 394 g/mol. The first-order valence-electron chi connectivity index (χ1n) is 7.52. The third kappa shape index (κ3) is 3.22. The number of rotatable bonds is 4. The first kappa shape index (κ1) is 17.5. The Balaban J connectivity index is 1.60. The number of halogens is 3. The summed E-state index contributed by atoms with van der Waals surface area (Å²) in [5, 5.41) is 7.99. The lowest BCUT2D eigenvalue weighted by molar-refractivity contribution is -0.156. The number of ether oxygens (including phenoxy) is 3. The van der Waals surface area contributed by atoms with Crippen LogP contribution < -0.4 is 4.74 Å². The third-order valence-corrected chi connectivity index (χ3v) is 4.48. The smallest absolute Gasteiger partial charge is 0.420 e. The summed E-state index contributed by atoms with van der Waals surface area (Å²) in [6.07, 6.45) is -0.968. The lowest BCUT2D eigenvalue weighted by atomic mass is 10.0. The van der Waals surface area contributed by atoms with Crippen LogP contribution in [0.2, 0.25) is 0 Å². The Kier molecular flexibility index (Phi) is 4.26. The molecule has 0 amide bonds. The summed E-state index contributed by atoms with van der Waals surface area (Å²) < 4.78 is 43.3. The van der Waals surface area contributed by atoms with Crippen molar-refractivity contribution in [3.63, 3.8) is 0 Å². The number of carbonyl (C=O) groups excluding carboxylic acids is 1. The lowest BCUT2D eigenvalue weighted by Crippen LogP contribution is -2.37. The summed E-state index contributed by atoms with van der Waals surface area (Å²) >= 11 is 10.1. The van der Waals surface area contributed by atoms with Gasteiger partial charge in [-0.25, -0.2) is 4.68 Å². The molecule has 1 aromatic heterocycles. The van der Waals surface area contributed by atoms with Crippen LogP contribution in [0.25, 0.3) is 5.69 Å². The van der Waals surface area contributed by atoms with E-state index in [2.05, 4.69) is 15.2 Å². The maximum absolute atomic E-state index is 12.7. The number of nitrogens with zero attached hydrogens (tertiary/aromatic N) is 4. The molecule has 26 heavy (non-hydrogen) atoms. The molecule has 3 atom stereocenters. The predicted molar refractivity (Wildman–Crippen MR) is 84.9 cm³/mol. The second-order valence-corrected chi connectivity index (χ2v) is 6.54. The van der Waals surface area contributed by atoms with Crippen LogP contribution in [0.15, 0.2) is 24.3 Å². The minimum absolute atomic E-state index is 0.118. The van der Waals surface area contributed by atoms with Gasteiger partial charge in [0.2, 0.25) is 11.1 Å². The maximum atomic E-state index is 12.7. The van der Waals surface area contributed by atoms with Crippen molar-refractivity contribution in [2.75, 3.05) is 6.61 Å². The summed E-state index contributed by atoms with van der Waals surface area (Å²) in [4.78, 5) is 11.9. The molecule has 2 aliphatic heterocycles. The molecule has 0 saturated carbocycles. The molecule has 2 fully saturated rings. The van der Waals surface area contributed by atoms with Crippen LogP contribution >= 0.6 is 23.8 Å². The highest BCUT2D eigenvalue weighted by Gasteiger charge is 2.45. The number of Topliss-reactive ketones (excluding diaryl/α,β-unsaturated/α-hetero) is 1. The average molecular weight is 405 g/mol. The zero-order valence-electron chi connectivity index (χ0n) is 12.9. The molecule has 4 rings (SSSR count). The summed E-state index contributed by atoms with van der Waals surface area (Å²) in [5.74, 6) is -0.295. The fourth-order valence-corrected chi connectivity index (χ4v) is 3.29. The molecule has 138 valence electrons. The fraction of sp³-hybridized carbons (Fsp3) is 0.429. The van der Waals surface area contributed by atoms with Gasteiger partial charge >= 0.3 is 5.57 Å². The van der Waals surface area contributed by atoms with E-state index >= 15 is 0 Å². The Morgan fingerprint density at radius 3 is 2.73 bits per heavy atom. The van der Waals surface area contributed by atoms with Crippen molar-refractivity contribution in [2.24, 2.45) is 0 Å². The van der Waals surface area contributed by atoms with Crippen LogP contribution in [0, 0.1) is 4.77 Å². The molecule has 12 heteroatoms. The van der Waals surface area contributed by atoms with Gasteiger partial charge in [0.25, 0.3) is 0 Å². The maximum Gasteiger partial charge on any atom is 0.487 e. The van der Waals surface area contributed by atoms with Gasteiger partial charge in [-0.3, -0.25) is 4.79 Å². The summed E-state index contributed by atoms with van der Waals surface area (Å²) in [5.41, 5.74) is -3.31. The number of ketones is 1. The van der Waals surface area contributed by atoms with Crippen molar-refractivity contribution in [1.82, 2.24) is 19.8 Å². The molecular formula is C14H11ClF2N4O4S. The Morgan fingerprint density at radius 1 is 1.31 bits per heavy atom. The molecule has 3 heterocycles. The zero-order chi connectivity index (χ0) is 18.5. The number of aromatic nitrogens is 4. The number of alkyl halides is 3. The largest absolute Gasteiger partial charge is 0.487 e. The Morgan fingerprint density at radius 2 is 2.04 bits per heavy atom. The normalized spacial score (nSPS) is 25.5. The zero-order valence-corrected chi connectivity index (χ0v) is 14.5. The summed E-state index contributed by atoms with van der Waals surface area (Å²) in [6.45, 7) is 0.272. The highest BCUT2D eigenvalue weighted by atomic mass is 35.5. The van der Waals surface area contributed by atoms with Crippen molar-refractivity contribution in [1.29, 1.82) is 0 Å². The van der Waals surface area contributed by atoms with E-state index in [1.165, 1.54) is 33.6 Å². The first-order chi connectivity index (χ1) is 12.3. The average Bonchev–Trinajstić information content (AvgIpc) is 3.16. The van der Waals surface area contributed by atoms with Crippen molar-refractivity contribution >= 4 is 29.6 Å². The van der Waals surface area contributed by atoms with Gasteiger partial charge in [0, 0.05) is 18.0 Å². The van der Waals surface area contributed by atoms with Crippen LogP contribution in [-0.2, 0) is 14.3 Å². The van der Waals surface area contributed by atoms with Crippen LogP contribution in [-0.4, -0.2) is 50.1 Å². The highest BCUT2D eigenvalue weighted by molar-refractivity contribution is 7.71. The second-order valence-electron chi connectivity index (χ2n) is 5.74. The van der Waals surface area contributed by atoms with Crippen LogP contribution in [0.4, 0.5) is 8.78 Å². The van der Waals surface area contributed by atoms with Gasteiger partial charge in [0.15, 0.2) is 5.78 Å². The van der Waals surface area contributed by atoms with Gasteiger partial charge in [-0.2, -0.15) is 4.68 Å². The molecule has 2 bridgehead atoms. The van der Waals surface area contributed by atoms with E-state index in [0.717, 1.165) is 0 Å². The van der Waals surface area contributed by atoms with Gasteiger partial charge in [-0.15, -0.1) is 8.78 Å². The van der Waals surface area contributed by atoms with Crippen molar-refractivity contribution in [3.05, 3.63) is 29.0 Å². The predicted octanol–water partition coefficient (Wildman–Crippen LogP) is 2.22. The minimum atomic E-state index is -3.80. The van der Waals surface area contributed by atoms with Crippen molar-refractivity contribution < 1.29 is 27.8 Å². The molecule has 1 aromatic carbocycles. The molecule has 8 nitrogen and oxygen atoms in total. The molecule has 0 aliphatic carbocycles. The number of fused-ring (bicyclic) bond motifs is 2. The molecule has 0 spiro atoms. The number of carbonyl (C=O) groups is 1. The topological polar surface area (TPSA) is 80.4 Å². The van der Waals surface area contributed by atoms with E-state index in [9.17, 15) is 13.6 Å². The van der Waals surface area contributed by atoms with Crippen LogP contribution in [0.1, 0.15) is 12.5 Å². The van der Waals surface area contributed by atoms with E-state index in [-0.39, 0.29) is 35.4 Å². The SMILES string of the molecule is O=C1C[C@@H](n2nnn(-c3ccc(OC(F)(F)Cl)cc3)c2=S)[C@@H]2CO[C@H]1O2. The monoisotopic (exact) mass is 404 g/mol. The molecule has 0 radical (unpaired) electrons. The van der Waals surface area contributed by atoms with Gasteiger partial charge in [-0.05, 0) is 46.9 Å². The Hall–Kier alpha value is -1.95. The minimum Gasteiger partial charge on any atom is -0.420 e. The van der Waals surface area contributed by atoms with Gasteiger partial charge in [0.05, 0.1) is 18.3 Å². The fourth-order valence-electron chi connectivity index (χ4n) is 2.88. The van der Waals surface area contributed by atoms with E-state index in [1.807, 2.05) is 0 Å². The Bertz CT molecular complexity index is 898. The van der Waals surface area contributed by atoms with Crippen LogP contribution in [0.5, 0.6) is 5.75 Å². The number of hydrogen-bond acceptors (Lipinski definition) is 7. The summed E-state index contributed by atoms with van der Waals surface area (Å²) in [7, 11) is 0. The summed E-state index contributed by atoms with van der Waals surface area (Å²) in [6, 6.07) is 5.14. The van der Waals surface area contributed by atoms with Crippen LogP contribution in [0.3, 0.4) is 0 Å². The quantitative estimate of drug-likeness (QED) is 0.571. The van der Waals surface area contributed by atoms with Gasteiger partial charge < -0.3 is 14.2 Å². The number of tetrazole rings is 1. The standard InChI is InChI=1S/C14H11ClF2N4O4S/c15-14(16,17)25-8-3-1-7(2-4-8)20-13(26)21(19-18-20)9-5-10(22)12-23-6-11(9)24-12/h1-4,9,11-12H,5-6H2/t9-,11+,12+/m1/s1. The molecule has 0 unspecified atom stereocenters. The molecule has 2 aliphatic rings. The van der Waals surface area contributed by atoms with E-state index in [4.69, 9.17) is 33.3 Å².